The Morgan fingerprint density at radius 2 is 1.48 bits per heavy atom. The average Bonchev–Trinajstić information content (AvgIpc) is 3.58. The lowest BCUT2D eigenvalue weighted by Crippen LogP contribution is -2.42. The number of guanidine groups is 1. The summed E-state index contributed by atoms with van der Waals surface area (Å²) in [5.74, 6) is 1.41. The first-order valence-corrected chi connectivity index (χ1v) is 10.2. The number of halogens is 1. The minimum Gasteiger partial charge on any atom is -0.357 e. The minimum absolute atomic E-state index is 0. The van der Waals surface area contributed by atoms with E-state index in [0.29, 0.717) is 19.6 Å². The lowest BCUT2D eigenvalue weighted by Gasteiger charge is -2.18. The molecule has 1 aliphatic rings. The zero-order valence-electron chi connectivity index (χ0n) is 16.9. The van der Waals surface area contributed by atoms with E-state index in [4.69, 9.17) is 4.99 Å². The van der Waals surface area contributed by atoms with Crippen LogP contribution in [0.2, 0.25) is 0 Å². The van der Waals surface area contributed by atoms with Gasteiger partial charge in [0.2, 0.25) is 5.91 Å². The summed E-state index contributed by atoms with van der Waals surface area (Å²) in [5, 5.41) is 9.58. The van der Waals surface area contributed by atoms with E-state index in [1.807, 2.05) is 12.1 Å². The molecule has 2 aromatic rings. The Balaban J connectivity index is 0.00000300. The van der Waals surface area contributed by atoms with Gasteiger partial charge in [0.25, 0.3) is 0 Å². The van der Waals surface area contributed by atoms with Crippen LogP contribution in [0.25, 0.3) is 0 Å². The Morgan fingerprint density at radius 3 is 2.00 bits per heavy atom. The summed E-state index contributed by atoms with van der Waals surface area (Å²) in [6.45, 7) is 4.77. The van der Waals surface area contributed by atoms with Gasteiger partial charge in [-0.15, -0.1) is 24.0 Å². The van der Waals surface area contributed by atoms with E-state index in [0.717, 1.165) is 25.3 Å². The highest BCUT2D eigenvalue weighted by Gasteiger charge is 2.28. The Morgan fingerprint density at radius 1 is 0.931 bits per heavy atom. The molecule has 156 valence electrons. The van der Waals surface area contributed by atoms with Crippen molar-refractivity contribution in [2.75, 3.05) is 26.2 Å². The van der Waals surface area contributed by atoms with E-state index < -0.39 is 0 Å². The molecule has 0 bridgehead atoms. The Hall–Kier alpha value is -2.09. The molecule has 0 aliphatic heterocycles. The third kappa shape index (κ3) is 7.68. The molecule has 1 amide bonds. The quantitative estimate of drug-likeness (QED) is 0.211. The second-order valence-electron chi connectivity index (χ2n) is 7.09. The SMILES string of the molecule is CCNC(=NCC(c1ccccc1)c1ccccc1)NCCNC(=O)C1CC1.I. The van der Waals surface area contributed by atoms with Crippen molar-refractivity contribution in [3.63, 3.8) is 0 Å². The fourth-order valence-corrected chi connectivity index (χ4v) is 3.15. The third-order valence-corrected chi connectivity index (χ3v) is 4.84. The molecule has 0 atom stereocenters. The number of hydrogen-bond donors (Lipinski definition) is 3. The van der Waals surface area contributed by atoms with Crippen molar-refractivity contribution < 1.29 is 4.79 Å². The van der Waals surface area contributed by atoms with E-state index in [9.17, 15) is 4.79 Å². The summed E-state index contributed by atoms with van der Waals surface area (Å²) < 4.78 is 0. The number of benzene rings is 2. The predicted octanol–water partition coefficient (Wildman–Crippen LogP) is 3.52. The number of nitrogens with zero attached hydrogens (tertiary/aromatic N) is 1. The highest BCUT2D eigenvalue weighted by atomic mass is 127. The van der Waals surface area contributed by atoms with Crippen molar-refractivity contribution in [1.82, 2.24) is 16.0 Å². The van der Waals surface area contributed by atoms with Gasteiger partial charge in [0.05, 0.1) is 6.54 Å². The van der Waals surface area contributed by atoms with Crippen molar-refractivity contribution in [2.45, 2.75) is 25.7 Å². The maximum Gasteiger partial charge on any atom is 0.223 e. The average molecular weight is 506 g/mol. The van der Waals surface area contributed by atoms with Crippen LogP contribution in [0.5, 0.6) is 0 Å². The largest absolute Gasteiger partial charge is 0.357 e. The van der Waals surface area contributed by atoms with E-state index >= 15 is 0 Å². The highest BCUT2D eigenvalue weighted by Crippen LogP contribution is 2.28. The molecule has 0 unspecified atom stereocenters. The molecule has 2 aromatic carbocycles. The number of amides is 1. The molecule has 0 saturated heterocycles. The van der Waals surface area contributed by atoms with E-state index in [2.05, 4.69) is 71.4 Å². The number of aliphatic imine (C=N–C) groups is 1. The Labute approximate surface area is 190 Å². The summed E-state index contributed by atoms with van der Waals surface area (Å²) in [5.41, 5.74) is 2.51. The van der Waals surface area contributed by atoms with Crippen LogP contribution in [0.3, 0.4) is 0 Å². The van der Waals surface area contributed by atoms with Gasteiger partial charge in [0, 0.05) is 31.5 Å². The molecule has 0 radical (unpaired) electrons. The molecule has 1 aliphatic carbocycles. The molecule has 5 nitrogen and oxygen atoms in total. The molecule has 3 rings (SSSR count). The zero-order chi connectivity index (χ0) is 19.6. The molecule has 6 heteroatoms. The first kappa shape index (κ1) is 23.2. The topological polar surface area (TPSA) is 65.5 Å². The summed E-state index contributed by atoms with van der Waals surface area (Å²) in [6, 6.07) is 21.0. The number of hydrogen-bond acceptors (Lipinski definition) is 2. The van der Waals surface area contributed by atoms with E-state index in [1.54, 1.807) is 0 Å². The van der Waals surface area contributed by atoms with Gasteiger partial charge in [-0.25, -0.2) is 0 Å². The number of carbonyl (C=O) groups is 1. The molecule has 1 fully saturated rings. The molecule has 3 N–H and O–H groups in total. The van der Waals surface area contributed by atoms with Crippen LogP contribution in [-0.4, -0.2) is 38.0 Å². The number of rotatable bonds is 9. The van der Waals surface area contributed by atoms with Crippen molar-refractivity contribution >= 4 is 35.8 Å². The summed E-state index contributed by atoms with van der Waals surface area (Å²) in [7, 11) is 0. The van der Waals surface area contributed by atoms with Crippen LogP contribution in [0, 0.1) is 5.92 Å². The van der Waals surface area contributed by atoms with Gasteiger partial charge in [-0.05, 0) is 30.9 Å². The Bertz CT molecular complexity index is 723. The van der Waals surface area contributed by atoms with Gasteiger partial charge < -0.3 is 16.0 Å². The normalized spacial score (nSPS) is 13.5. The molecule has 1 saturated carbocycles. The van der Waals surface area contributed by atoms with Gasteiger partial charge in [-0.2, -0.15) is 0 Å². The van der Waals surface area contributed by atoms with Gasteiger partial charge in [-0.3, -0.25) is 9.79 Å². The van der Waals surface area contributed by atoms with E-state index in [-0.39, 0.29) is 41.7 Å². The number of nitrogens with one attached hydrogen (secondary N) is 3. The van der Waals surface area contributed by atoms with Crippen molar-refractivity contribution in [3.05, 3.63) is 71.8 Å². The maximum absolute atomic E-state index is 11.7. The van der Waals surface area contributed by atoms with Crippen molar-refractivity contribution in [3.8, 4) is 0 Å². The second kappa shape index (κ2) is 12.5. The molecule has 29 heavy (non-hydrogen) atoms. The smallest absolute Gasteiger partial charge is 0.223 e. The van der Waals surface area contributed by atoms with Gasteiger partial charge in [-0.1, -0.05) is 60.7 Å². The van der Waals surface area contributed by atoms with Gasteiger partial charge in [0.15, 0.2) is 5.96 Å². The van der Waals surface area contributed by atoms with Crippen LogP contribution in [0.1, 0.15) is 36.8 Å². The van der Waals surface area contributed by atoms with Crippen LogP contribution >= 0.6 is 24.0 Å². The van der Waals surface area contributed by atoms with Crippen molar-refractivity contribution in [1.29, 1.82) is 0 Å². The highest BCUT2D eigenvalue weighted by molar-refractivity contribution is 14.0. The lowest BCUT2D eigenvalue weighted by atomic mass is 9.91. The molecule has 0 aromatic heterocycles. The fraction of sp³-hybridized carbons (Fsp3) is 0.391. The van der Waals surface area contributed by atoms with Crippen LogP contribution < -0.4 is 16.0 Å². The Kier molecular flexibility index (Phi) is 9.97. The molecular weight excluding hydrogens is 475 g/mol. The van der Waals surface area contributed by atoms with Gasteiger partial charge >= 0.3 is 0 Å². The minimum atomic E-state index is 0. The maximum atomic E-state index is 11.7. The first-order valence-electron chi connectivity index (χ1n) is 10.2. The molecule has 0 spiro atoms. The second-order valence-corrected chi connectivity index (χ2v) is 7.09. The summed E-state index contributed by atoms with van der Waals surface area (Å²) in [4.78, 5) is 16.5. The van der Waals surface area contributed by atoms with Gasteiger partial charge in [0.1, 0.15) is 0 Å². The molecular formula is C23H31IN4O. The third-order valence-electron chi connectivity index (χ3n) is 4.84. The fourth-order valence-electron chi connectivity index (χ4n) is 3.15. The predicted molar refractivity (Wildman–Crippen MR) is 130 cm³/mol. The van der Waals surface area contributed by atoms with Crippen LogP contribution in [-0.2, 0) is 4.79 Å². The summed E-state index contributed by atoms with van der Waals surface area (Å²) >= 11 is 0. The first-order chi connectivity index (χ1) is 13.8. The molecule has 0 heterocycles. The zero-order valence-corrected chi connectivity index (χ0v) is 19.3. The lowest BCUT2D eigenvalue weighted by molar-refractivity contribution is -0.122. The monoisotopic (exact) mass is 506 g/mol. The van der Waals surface area contributed by atoms with Crippen molar-refractivity contribution in [2.24, 2.45) is 10.9 Å². The summed E-state index contributed by atoms with van der Waals surface area (Å²) in [6.07, 6.45) is 2.06. The van der Waals surface area contributed by atoms with Crippen LogP contribution in [0.15, 0.2) is 65.7 Å². The van der Waals surface area contributed by atoms with E-state index in [1.165, 1.54) is 11.1 Å². The number of carbonyl (C=O) groups excluding carboxylic acids is 1. The standard InChI is InChI=1S/C23H30N4O.HI/c1-2-24-23(26-16-15-25-22(28)20-13-14-20)27-17-21(18-9-5-3-6-10-18)19-11-7-4-8-12-19;/h3-12,20-21H,2,13-17H2,1H3,(H,25,28)(H2,24,26,27);1H. The van der Waals surface area contributed by atoms with Crippen LogP contribution in [0.4, 0.5) is 0 Å².